The molecule has 0 radical (unpaired) electrons. The van der Waals surface area contributed by atoms with E-state index >= 15 is 0 Å². The van der Waals surface area contributed by atoms with Gasteiger partial charge in [-0.1, -0.05) is 11.6 Å². The monoisotopic (exact) mass is 357 g/mol. The first kappa shape index (κ1) is 18.2. The van der Waals surface area contributed by atoms with Crippen molar-refractivity contribution < 1.29 is 14.3 Å². The van der Waals surface area contributed by atoms with Crippen LogP contribution < -0.4 is 20.1 Å². The van der Waals surface area contributed by atoms with Gasteiger partial charge in [-0.05, 0) is 42.5 Å². The van der Waals surface area contributed by atoms with Crippen LogP contribution in [0.15, 0.2) is 54.2 Å². The Hall–Kier alpha value is -3.17. The van der Waals surface area contributed by atoms with E-state index < -0.39 is 5.91 Å². The summed E-state index contributed by atoms with van der Waals surface area (Å²) < 4.78 is 10.3. The SMILES string of the molecule is COc1ccc(NC(=O)/C(C#N)=C\Nc2cc(Cl)ccc2OC)cc1. The number of ether oxygens (including phenoxy) is 2. The molecule has 25 heavy (non-hydrogen) atoms. The van der Waals surface area contributed by atoms with Gasteiger partial charge in [0.05, 0.1) is 19.9 Å². The molecule has 0 aliphatic carbocycles. The van der Waals surface area contributed by atoms with Crippen LogP contribution in [0.2, 0.25) is 5.02 Å². The Labute approximate surface area is 150 Å². The summed E-state index contributed by atoms with van der Waals surface area (Å²) in [5, 5.41) is 15.2. The maximum absolute atomic E-state index is 12.2. The zero-order valence-electron chi connectivity index (χ0n) is 13.7. The molecule has 2 aromatic carbocycles. The molecule has 0 saturated carbocycles. The Morgan fingerprint density at radius 1 is 1.16 bits per heavy atom. The Balaban J connectivity index is 2.12. The highest BCUT2D eigenvalue weighted by Crippen LogP contribution is 2.27. The van der Waals surface area contributed by atoms with E-state index in [1.54, 1.807) is 49.6 Å². The van der Waals surface area contributed by atoms with Crippen LogP contribution in [0, 0.1) is 11.3 Å². The number of nitriles is 1. The number of carbonyl (C=O) groups excluding carboxylic acids is 1. The average Bonchev–Trinajstić information content (AvgIpc) is 2.63. The molecule has 2 N–H and O–H groups in total. The fourth-order valence-corrected chi connectivity index (χ4v) is 2.14. The zero-order chi connectivity index (χ0) is 18.2. The van der Waals surface area contributed by atoms with Crippen LogP contribution in [0.1, 0.15) is 0 Å². The molecule has 0 bridgehead atoms. The van der Waals surface area contributed by atoms with Crippen LogP contribution in [0.25, 0.3) is 0 Å². The van der Waals surface area contributed by atoms with Gasteiger partial charge in [-0.15, -0.1) is 0 Å². The molecule has 0 spiro atoms. The third-order valence-electron chi connectivity index (χ3n) is 3.25. The Bertz CT molecular complexity index is 826. The second-order valence-corrected chi connectivity index (χ2v) is 5.28. The molecule has 7 heteroatoms. The number of nitrogens with zero attached hydrogens (tertiary/aromatic N) is 1. The van der Waals surface area contributed by atoms with E-state index in [0.29, 0.717) is 27.9 Å². The predicted octanol–water partition coefficient (Wildman–Crippen LogP) is 3.82. The molecule has 0 unspecified atom stereocenters. The number of benzene rings is 2. The summed E-state index contributed by atoms with van der Waals surface area (Å²) in [6.07, 6.45) is 1.30. The van der Waals surface area contributed by atoms with Gasteiger partial charge in [-0.2, -0.15) is 5.26 Å². The summed E-state index contributed by atoms with van der Waals surface area (Å²) >= 11 is 5.95. The van der Waals surface area contributed by atoms with E-state index in [2.05, 4.69) is 10.6 Å². The van der Waals surface area contributed by atoms with Gasteiger partial charge >= 0.3 is 0 Å². The lowest BCUT2D eigenvalue weighted by molar-refractivity contribution is -0.112. The highest BCUT2D eigenvalue weighted by molar-refractivity contribution is 6.31. The van der Waals surface area contributed by atoms with Crippen molar-refractivity contribution in [2.24, 2.45) is 0 Å². The minimum atomic E-state index is -0.541. The van der Waals surface area contributed by atoms with Gasteiger partial charge in [0, 0.05) is 16.9 Å². The van der Waals surface area contributed by atoms with Crippen molar-refractivity contribution in [2.75, 3.05) is 24.9 Å². The van der Waals surface area contributed by atoms with E-state index in [-0.39, 0.29) is 5.57 Å². The number of hydrogen-bond donors (Lipinski definition) is 2. The van der Waals surface area contributed by atoms with Crippen molar-refractivity contribution in [3.63, 3.8) is 0 Å². The highest BCUT2D eigenvalue weighted by atomic mass is 35.5. The van der Waals surface area contributed by atoms with Crippen LogP contribution in [0.4, 0.5) is 11.4 Å². The molecule has 1 amide bonds. The highest BCUT2D eigenvalue weighted by Gasteiger charge is 2.10. The number of halogens is 1. The summed E-state index contributed by atoms with van der Waals surface area (Å²) in [7, 11) is 3.07. The van der Waals surface area contributed by atoms with E-state index in [9.17, 15) is 10.1 Å². The van der Waals surface area contributed by atoms with Gasteiger partial charge in [0.15, 0.2) is 0 Å². The maximum atomic E-state index is 12.2. The summed E-state index contributed by atoms with van der Waals surface area (Å²) in [6, 6.07) is 13.6. The lowest BCUT2D eigenvalue weighted by Gasteiger charge is -2.09. The molecule has 0 saturated heterocycles. The smallest absolute Gasteiger partial charge is 0.267 e. The van der Waals surface area contributed by atoms with Crippen LogP contribution in [-0.4, -0.2) is 20.1 Å². The van der Waals surface area contributed by atoms with Crippen molar-refractivity contribution in [2.45, 2.75) is 0 Å². The quantitative estimate of drug-likeness (QED) is 0.606. The lowest BCUT2D eigenvalue weighted by atomic mass is 10.2. The number of carbonyl (C=O) groups is 1. The normalized spacial score (nSPS) is 10.6. The number of hydrogen-bond acceptors (Lipinski definition) is 5. The summed E-state index contributed by atoms with van der Waals surface area (Å²) in [5.74, 6) is 0.665. The van der Waals surface area contributed by atoms with Crippen LogP contribution in [0.3, 0.4) is 0 Å². The van der Waals surface area contributed by atoms with Gasteiger partial charge in [-0.25, -0.2) is 0 Å². The van der Waals surface area contributed by atoms with Crippen molar-refractivity contribution in [3.8, 4) is 17.6 Å². The first-order valence-corrected chi connectivity index (χ1v) is 7.61. The van der Waals surface area contributed by atoms with Crippen LogP contribution in [-0.2, 0) is 4.79 Å². The summed E-state index contributed by atoms with van der Waals surface area (Å²) in [4.78, 5) is 12.2. The Morgan fingerprint density at radius 3 is 2.48 bits per heavy atom. The molecule has 0 aliphatic rings. The fraction of sp³-hybridized carbons (Fsp3) is 0.111. The fourth-order valence-electron chi connectivity index (χ4n) is 1.96. The predicted molar refractivity (Wildman–Crippen MR) is 96.9 cm³/mol. The number of nitrogens with one attached hydrogen (secondary N) is 2. The second-order valence-electron chi connectivity index (χ2n) is 4.84. The minimum absolute atomic E-state index is 0.0992. The molecule has 2 rings (SSSR count). The molecule has 0 heterocycles. The molecule has 2 aromatic rings. The second kappa shape index (κ2) is 8.62. The molecular formula is C18H16ClN3O3. The van der Waals surface area contributed by atoms with Crippen LogP contribution >= 0.6 is 11.6 Å². The minimum Gasteiger partial charge on any atom is -0.497 e. The zero-order valence-corrected chi connectivity index (χ0v) is 14.4. The van der Waals surface area contributed by atoms with E-state index in [4.69, 9.17) is 21.1 Å². The van der Waals surface area contributed by atoms with Crippen molar-refractivity contribution in [1.29, 1.82) is 5.26 Å². The molecule has 0 aliphatic heterocycles. The topological polar surface area (TPSA) is 83.4 Å². The van der Waals surface area contributed by atoms with Gasteiger partial charge in [0.2, 0.25) is 0 Å². The van der Waals surface area contributed by atoms with Gasteiger partial charge in [0.25, 0.3) is 5.91 Å². The first-order chi connectivity index (χ1) is 12.1. The first-order valence-electron chi connectivity index (χ1n) is 7.23. The molecule has 0 fully saturated rings. The van der Waals surface area contributed by atoms with Crippen molar-refractivity contribution in [3.05, 3.63) is 59.3 Å². The van der Waals surface area contributed by atoms with Crippen LogP contribution in [0.5, 0.6) is 11.5 Å². The van der Waals surface area contributed by atoms with Gasteiger partial charge in [-0.3, -0.25) is 4.79 Å². The number of rotatable bonds is 6. The van der Waals surface area contributed by atoms with E-state index in [1.165, 1.54) is 13.3 Å². The van der Waals surface area contributed by atoms with Crippen molar-refractivity contribution in [1.82, 2.24) is 0 Å². The third kappa shape index (κ3) is 4.90. The largest absolute Gasteiger partial charge is 0.497 e. The summed E-state index contributed by atoms with van der Waals surface area (Å²) in [6.45, 7) is 0. The number of methoxy groups -OCH3 is 2. The van der Waals surface area contributed by atoms with Crippen molar-refractivity contribution >= 4 is 28.9 Å². The Kier molecular flexibility index (Phi) is 6.26. The maximum Gasteiger partial charge on any atom is 0.267 e. The van der Waals surface area contributed by atoms with Gasteiger partial charge < -0.3 is 20.1 Å². The average molecular weight is 358 g/mol. The molecular weight excluding hydrogens is 342 g/mol. The summed E-state index contributed by atoms with van der Waals surface area (Å²) in [5.41, 5.74) is 0.991. The van der Waals surface area contributed by atoms with E-state index in [1.807, 2.05) is 6.07 Å². The molecule has 0 atom stereocenters. The molecule has 0 aromatic heterocycles. The number of amides is 1. The number of anilines is 2. The standard InChI is InChI=1S/C18H16ClN3O3/c1-24-15-6-4-14(5-7-15)22-18(23)12(10-20)11-21-16-9-13(19)3-8-17(16)25-2/h3-9,11,21H,1-2H3,(H,22,23)/b12-11-. The Morgan fingerprint density at radius 2 is 1.88 bits per heavy atom. The lowest BCUT2D eigenvalue weighted by Crippen LogP contribution is -2.14. The molecule has 6 nitrogen and oxygen atoms in total. The van der Waals surface area contributed by atoms with E-state index in [0.717, 1.165) is 0 Å². The molecule has 128 valence electrons. The third-order valence-corrected chi connectivity index (χ3v) is 3.48. The van der Waals surface area contributed by atoms with Gasteiger partial charge in [0.1, 0.15) is 23.1 Å².